The monoisotopic (exact) mass is 284 g/mol. The van der Waals surface area contributed by atoms with Crippen LogP contribution >= 0.6 is 15.9 Å². The first-order chi connectivity index (χ1) is 7.68. The summed E-state index contributed by atoms with van der Waals surface area (Å²) in [5, 5.41) is 3.13. The van der Waals surface area contributed by atoms with Gasteiger partial charge >= 0.3 is 0 Å². The zero-order chi connectivity index (χ0) is 11.5. The van der Waals surface area contributed by atoms with Gasteiger partial charge in [0.2, 0.25) is 5.91 Å². The van der Waals surface area contributed by atoms with Crippen molar-refractivity contribution in [1.82, 2.24) is 5.32 Å². The van der Waals surface area contributed by atoms with E-state index in [1.54, 1.807) is 0 Å². The molecule has 1 amide bonds. The van der Waals surface area contributed by atoms with Crippen molar-refractivity contribution in [2.45, 2.75) is 12.5 Å². The number of halogens is 1. The number of hydrogen-bond donors (Lipinski definition) is 2. The first kappa shape index (κ1) is 11.4. The Bertz CT molecular complexity index is 409. The molecular formula is C11H13BrN2O2. The zero-order valence-electron chi connectivity index (χ0n) is 8.70. The van der Waals surface area contributed by atoms with Crippen molar-refractivity contribution in [2.75, 3.05) is 13.2 Å². The molecular weight excluding hydrogens is 272 g/mol. The Morgan fingerprint density at radius 1 is 1.62 bits per heavy atom. The number of carbonyl (C=O) groups is 1. The van der Waals surface area contributed by atoms with Gasteiger partial charge in [0.15, 0.2) is 0 Å². The van der Waals surface area contributed by atoms with Gasteiger partial charge < -0.3 is 15.8 Å². The average molecular weight is 285 g/mol. The Kier molecular flexibility index (Phi) is 3.46. The van der Waals surface area contributed by atoms with E-state index in [0.29, 0.717) is 6.61 Å². The minimum absolute atomic E-state index is 0.133. The Hall–Kier alpha value is -1.07. The second-order valence-corrected chi connectivity index (χ2v) is 4.55. The number of ether oxygens (including phenoxy) is 1. The van der Waals surface area contributed by atoms with Gasteiger partial charge in [-0.2, -0.15) is 0 Å². The van der Waals surface area contributed by atoms with Crippen LogP contribution < -0.4 is 15.8 Å². The summed E-state index contributed by atoms with van der Waals surface area (Å²) in [6, 6.07) is 6.03. The lowest BCUT2D eigenvalue weighted by Crippen LogP contribution is -2.34. The van der Waals surface area contributed by atoms with Crippen LogP contribution in [0.2, 0.25) is 0 Å². The summed E-state index contributed by atoms with van der Waals surface area (Å²) in [4.78, 5) is 10.7. The molecule has 0 bridgehead atoms. The van der Waals surface area contributed by atoms with Crippen molar-refractivity contribution in [3.63, 3.8) is 0 Å². The van der Waals surface area contributed by atoms with Crippen LogP contribution in [0, 0.1) is 0 Å². The van der Waals surface area contributed by atoms with E-state index in [9.17, 15) is 4.79 Å². The van der Waals surface area contributed by atoms with E-state index in [2.05, 4.69) is 21.2 Å². The van der Waals surface area contributed by atoms with Crippen LogP contribution in [-0.4, -0.2) is 19.1 Å². The van der Waals surface area contributed by atoms with Crippen molar-refractivity contribution < 1.29 is 9.53 Å². The molecule has 1 aliphatic rings. The Morgan fingerprint density at radius 2 is 2.44 bits per heavy atom. The Balaban J connectivity index is 2.19. The van der Waals surface area contributed by atoms with Crippen LogP contribution in [0.1, 0.15) is 18.0 Å². The van der Waals surface area contributed by atoms with Crippen LogP contribution in [-0.2, 0) is 4.79 Å². The molecule has 0 saturated carbocycles. The van der Waals surface area contributed by atoms with E-state index in [1.165, 1.54) is 0 Å². The molecule has 1 heterocycles. The van der Waals surface area contributed by atoms with Crippen LogP contribution in [0.25, 0.3) is 0 Å². The molecule has 1 aliphatic heterocycles. The molecule has 1 aromatic rings. The average Bonchev–Trinajstić information content (AvgIpc) is 2.27. The molecule has 1 aromatic carbocycles. The highest BCUT2D eigenvalue weighted by atomic mass is 79.9. The van der Waals surface area contributed by atoms with Gasteiger partial charge in [-0.25, -0.2) is 0 Å². The third-order valence-electron chi connectivity index (χ3n) is 2.55. The fraction of sp³-hybridized carbons (Fsp3) is 0.364. The van der Waals surface area contributed by atoms with Crippen molar-refractivity contribution in [1.29, 1.82) is 0 Å². The van der Waals surface area contributed by atoms with Crippen molar-refractivity contribution in [3.8, 4) is 5.75 Å². The number of nitrogens with one attached hydrogen (secondary N) is 1. The smallest absolute Gasteiger partial charge is 0.231 e. The summed E-state index contributed by atoms with van der Waals surface area (Å²) >= 11 is 3.45. The van der Waals surface area contributed by atoms with Gasteiger partial charge in [0, 0.05) is 18.0 Å². The number of rotatable bonds is 3. The largest absolute Gasteiger partial charge is 0.492 e. The second-order valence-electron chi connectivity index (χ2n) is 3.70. The third kappa shape index (κ3) is 2.36. The minimum Gasteiger partial charge on any atom is -0.492 e. The van der Waals surface area contributed by atoms with Gasteiger partial charge in [-0.05, 0) is 22.0 Å². The quantitative estimate of drug-likeness (QED) is 0.881. The molecule has 3 N–H and O–H groups in total. The summed E-state index contributed by atoms with van der Waals surface area (Å²) in [6.07, 6.45) is 0.844. The van der Waals surface area contributed by atoms with Crippen molar-refractivity contribution >= 4 is 21.8 Å². The predicted molar refractivity (Wildman–Crippen MR) is 64.2 cm³/mol. The standard InChI is InChI=1S/C11H13BrN2O2/c12-8-3-1-2-7-9(14-6-10(13)15)4-5-16-11(7)8/h1-3,9,14H,4-6H2,(H2,13,15). The van der Waals surface area contributed by atoms with E-state index >= 15 is 0 Å². The lowest BCUT2D eigenvalue weighted by Gasteiger charge is -2.27. The number of benzene rings is 1. The molecule has 0 fully saturated rings. The molecule has 0 radical (unpaired) electrons. The first-order valence-electron chi connectivity index (χ1n) is 5.11. The van der Waals surface area contributed by atoms with E-state index in [4.69, 9.17) is 10.5 Å². The second kappa shape index (κ2) is 4.84. The maximum atomic E-state index is 10.7. The van der Waals surface area contributed by atoms with E-state index in [1.807, 2.05) is 18.2 Å². The van der Waals surface area contributed by atoms with Gasteiger partial charge in [0.1, 0.15) is 5.75 Å². The zero-order valence-corrected chi connectivity index (χ0v) is 10.3. The van der Waals surface area contributed by atoms with Gasteiger partial charge in [0.05, 0.1) is 17.6 Å². The molecule has 16 heavy (non-hydrogen) atoms. The Labute approximate surface area is 102 Å². The fourth-order valence-electron chi connectivity index (χ4n) is 1.82. The normalized spacial score (nSPS) is 18.7. The van der Waals surface area contributed by atoms with Crippen LogP contribution in [0.5, 0.6) is 5.75 Å². The number of hydrogen-bond acceptors (Lipinski definition) is 3. The molecule has 1 atom stereocenters. The van der Waals surface area contributed by atoms with Gasteiger partial charge in [0.25, 0.3) is 0 Å². The SMILES string of the molecule is NC(=O)CNC1CCOc2c(Br)cccc21. The first-order valence-corrected chi connectivity index (χ1v) is 5.90. The van der Waals surface area contributed by atoms with Gasteiger partial charge in [-0.1, -0.05) is 12.1 Å². The number of amides is 1. The van der Waals surface area contributed by atoms with Crippen LogP contribution in [0.4, 0.5) is 0 Å². The number of primary amides is 1. The van der Waals surface area contributed by atoms with Gasteiger partial charge in [-0.15, -0.1) is 0 Å². The molecule has 0 aliphatic carbocycles. The van der Waals surface area contributed by atoms with Crippen molar-refractivity contribution in [2.24, 2.45) is 5.73 Å². The summed E-state index contributed by atoms with van der Waals surface area (Å²) in [5.41, 5.74) is 6.19. The molecule has 2 rings (SSSR count). The number of para-hydroxylation sites is 1. The predicted octanol–water partition coefficient (Wildman–Crippen LogP) is 1.35. The highest BCUT2D eigenvalue weighted by molar-refractivity contribution is 9.10. The van der Waals surface area contributed by atoms with Crippen LogP contribution in [0.15, 0.2) is 22.7 Å². The van der Waals surface area contributed by atoms with E-state index in [-0.39, 0.29) is 18.5 Å². The summed E-state index contributed by atoms with van der Waals surface area (Å²) < 4.78 is 6.53. The number of fused-ring (bicyclic) bond motifs is 1. The molecule has 0 spiro atoms. The van der Waals surface area contributed by atoms with Crippen molar-refractivity contribution in [3.05, 3.63) is 28.2 Å². The number of carbonyl (C=O) groups excluding carboxylic acids is 1. The summed E-state index contributed by atoms with van der Waals surface area (Å²) in [5.74, 6) is 0.513. The molecule has 86 valence electrons. The summed E-state index contributed by atoms with van der Waals surface area (Å²) in [6.45, 7) is 0.836. The van der Waals surface area contributed by atoms with E-state index in [0.717, 1.165) is 22.2 Å². The molecule has 1 unspecified atom stereocenters. The van der Waals surface area contributed by atoms with Crippen LogP contribution in [0.3, 0.4) is 0 Å². The topological polar surface area (TPSA) is 64.4 Å². The highest BCUT2D eigenvalue weighted by Gasteiger charge is 2.22. The molecule has 0 saturated heterocycles. The minimum atomic E-state index is -0.344. The molecule has 5 heteroatoms. The lowest BCUT2D eigenvalue weighted by molar-refractivity contribution is -0.117. The number of nitrogens with two attached hydrogens (primary N) is 1. The summed E-state index contributed by atoms with van der Waals surface area (Å²) in [7, 11) is 0. The maximum Gasteiger partial charge on any atom is 0.231 e. The maximum absolute atomic E-state index is 10.7. The van der Waals surface area contributed by atoms with E-state index < -0.39 is 0 Å². The molecule has 0 aromatic heterocycles. The highest BCUT2D eigenvalue weighted by Crippen LogP contribution is 2.37. The Morgan fingerprint density at radius 3 is 3.19 bits per heavy atom. The van der Waals surface area contributed by atoms with Gasteiger partial charge in [-0.3, -0.25) is 4.79 Å². The lowest BCUT2D eigenvalue weighted by atomic mass is 10.0. The fourth-order valence-corrected chi connectivity index (χ4v) is 2.32. The molecule has 4 nitrogen and oxygen atoms in total. The third-order valence-corrected chi connectivity index (χ3v) is 3.17.